The Balaban J connectivity index is 1.74. The average Bonchev–Trinajstić information content (AvgIpc) is 3.28. The van der Waals surface area contributed by atoms with Crippen LogP contribution in [0.15, 0.2) is 40.2 Å². The summed E-state index contributed by atoms with van der Waals surface area (Å²) < 4.78 is 31.0. The number of hydrogen-bond donors (Lipinski definition) is 0. The van der Waals surface area contributed by atoms with Crippen LogP contribution in [0.1, 0.15) is 17.0 Å². The van der Waals surface area contributed by atoms with Crippen molar-refractivity contribution in [2.75, 3.05) is 24.2 Å². The molecule has 0 saturated heterocycles. The van der Waals surface area contributed by atoms with Crippen LogP contribution in [0.4, 0.5) is 5.69 Å². The molecule has 1 amide bonds. The Morgan fingerprint density at radius 1 is 1.21 bits per heavy atom. The number of sulfonamides is 1. The Kier molecular flexibility index (Phi) is 6.04. The van der Waals surface area contributed by atoms with Gasteiger partial charge in [0, 0.05) is 7.05 Å². The highest BCUT2D eigenvalue weighted by atomic mass is 32.2. The van der Waals surface area contributed by atoms with Crippen molar-refractivity contribution in [3.8, 4) is 10.7 Å². The van der Waals surface area contributed by atoms with Gasteiger partial charge in [-0.1, -0.05) is 17.3 Å². The van der Waals surface area contributed by atoms with Gasteiger partial charge in [-0.2, -0.15) is 4.98 Å². The molecule has 0 spiro atoms. The van der Waals surface area contributed by atoms with Crippen molar-refractivity contribution in [3.05, 3.63) is 52.7 Å². The zero-order chi connectivity index (χ0) is 21.2. The number of amides is 1. The zero-order valence-corrected chi connectivity index (χ0v) is 18.2. The minimum atomic E-state index is -3.64. The molecule has 0 bridgehead atoms. The monoisotopic (exact) mass is 434 g/mol. The van der Waals surface area contributed by atoms with E-state index < -0.39 is 10.0 Å². The van der Waals surface area contributed by atoms with E-state index in [-0.39, 0.29) is 24.9 Å². The summed E-state index contributed by atoms with van der Waals surface area (Å²) in [7, 11) is -2.07. The van der Waals surface area contributed by atoms with Gasteiger partial charge in [0.1, 0.15) is 6.54 Å². The van der Waals surface area contributed by atoms with E-state index in [0.717, 1.165) is 26.6 Å². The largest absolute Gasteiger partial charge is 0.337 e. The molecule has 2 aromatic heterocycles. The van der Waals surface area contributed by atoms with Crippen LogP contribution in [-0.4, -0.2) is 49.2 Å². The molecule has 0 aliphatic rings. The summed E-state index contributed by atoms with van der Waals surface area (Å²) in [5.74, 6) is 0.357. The van der Waals surface area contributed by atoms with Crippen LogP contribution in [0, 0.1) is 13.8 Å². The van der Waals surface area contributed by atoms with Crippen LogP contribution >= 0.6 is 11.3 Å². The van der Waals surface area contributed by atoms with Crippen LogP contribution in [0.25, 0.3) is 10.7 Å². The highest BCUT2D eigenvalue weighted by molar-refractivity contribution is 7.92. The van der Waals surface area contributed by atoms with Gasteiger partial charge in [0.2, 0.25) is 27.6 Å². The fraction of sp³-hybridized carbons (Fsp3) is 0.316. The minimum Gasteiger partial charge on any atom is -0.337 e. The van der Waals surface area contributed by atoms with Crippen molar-refractivity contribution in [2.45, 2.75) is 20.4 Å². The van der Waals surface area contributed by atoms with E-state index in [9.17, 15) is 13.2 Å². The standard InChI is InChI=1S/C19H22N4O4S2/c1-13-8-14(2)10-15(9-13)23(29(4,25)26)12-18(24)22(3)11-17-20-19(21-27-17)16-6-5-7-28-16/h5-10H,11-12H2,1-4H3. The Morgan fingerprint density at radius 3 is 2.48 bits per heavy atom. The highest BCUT2D eigenvalue weighted by Gasteiger charge is 2.24. The number of hydrogen-bond acceptors (Lipinski definition) is 7. The molecule has 0 atom stereocenters. The van der Waals surface area contributed by atoms with E-state index in [2.05, 4.69) is 10.1 Å². The molecule has 0 aliphatic carbocycles. The fourth-order valence-corrected chi connectivity index (χ4v) is 4.34. The smallest absolute Gasteiger partial charge is 0.246 e. The number of thiophene rings is 1. The van der Waals surface area contributed by atoms with E-state index in [0.29, 0.717) is 11.5 Å². The number of rotatable bonds is 7. The molecule has 0 radical (unpaired) electrons. The van der Waals surface area contributed by atoms with Gasteiger partial charge in [-0.25, -0.2) is 8.42 Å². The van der Waals surface area contributed by atoms with Gasteiger partial charge in [0.05, 0.1) is 23.4 Å². The lowest BCUT2D eigenvalue weighted by molar-refractivity contribution is -0.129. The Labute approximate surface area is 173 Å². The summed E-state index contributed by atoms with van der Waals surface area (Å²) in [6, 6.07) is 9.19. The molecule has 0 fully saturated rings. The van der Waals surface area contributed by atoms with E-state index in [1.807, 2.05) is 37.4 Å². The van der Waals surface area contributed by atoms with Crippen LogP contribution in [-0.2, 0) is 21.4 Å². The summed E-state index contributed by atoms with van der Waals surface area (Å²) in [6.07, 6.45) is 1.09. The second-order valence-corrected chi connectivity index (χ2v) is 9.71. The number of carbonyl (C=O) groups excluding carboxylic acids is 1. The quantitative estimate of drug-likeness (QED) is 0.567. The predicted molar refractivity (Wildman–Crippen MR) is 112 cm³/mol. The normalized spacial score (nSPS) is 11.4. The molecule has 1 aromatic carbocycles. The molecule has 8 nitrogen and oxygen atoms in total. The first-order chi connectivity index (χ1) is 13.6. The molecule has 154 valence electrons. The molecule has 3 rings (SSSR count). The second kappa shape index (κ2) is 8.34. The lowest BCUT2D eigenvalue weighted by Crippen LogP contribution is -2.41. The summed E-state index contributed by atoms with van der Waals surface area (Å²) in [5.41, 5.74) is 2.30. The summed E-state index contributed by atoms with van der Waals surface area (Å²) in [4.78, 5) is 19.2. The number of carbonyl (C=O) groups is 1. The predicted octanol–water partition coefficient (Wildman–Crippen LogP) is 2.84. The van der Waals surface area contributed by atoms with Gasteiger partial charge in [0.25, 0.3) is 0 Å². The molecule has 2 heterocycles. The molecule has 29 heavy (non-hydrogen) atoms. The van der Waals surface area contributed by atoms with Gasteiger partial charge in [-0.3, -0.25) is 9.10 Å². The van der Waals surface area contributed by atoms with Gasteiger partial charge in [0.15, 0.2) is 0 Å². The third kappa shape index (κ3) is 5.21. The maximum atomic E-state index is 12.7. The van der Waals surface area contributed by atoms with Crippen molar-refractivity contribution in [1.29, 1.82) is 0 Å². The third-order valence-electron chi connectivity index (χ3n) is 4.18. The first kappa shape index (κ1) is 21.0. The van der Waals surface area contributed by atoms with Crippen LogP contribution in [0.5, 0.6) is 0 Å². The van der Waals surface area contributed by atoms with E-state index >= 15 is 0 Å². The van der Waals surface area contributed by atoms with E-state index in [1.165, 1.54) is 16.2 Å². The van der Waals surface area contributed by atoms with Gasteiger partial charge >= 0.3 is 0 Å². The van der Waals surface area contributed by atoms with Crippen molar-refractivity contribution in [3.63, 3.8) is 0 Å². The topological polar surface area (TPSA) is 96.6 Å². The molecule has 0 unspecified atom stereocenters. The van der Waals surface area contributed by atoms with Crippen molar-refractivity contribution in [1.82, 2.24) is 15.0 Å². The average molecular weight is 435 g/mol. The number of aromatic nitrogens is 2. The Bertz CT molecular complexity index is 1090. The number of benzene rings is 1. The molecule has 0 N–H and O–H groups in total. The second-order valence-electron chi connectivity index (χ2n) is 6.85. The summed E-state index contributed by atoms with van der Waals surface area (Å²) in [5, 5.41) is 5.83. The summed E-state index contributed by atoms with van der Waals surface area (Å²) in [6.45, 7) is 3.53. The van der Waals surface area contributed by atoms with E-state index in [4.69, 9.17) is 4.52 Å². The third-order valence-corrected chi connectivity index (χ3v) is 6.19. The Hall–Kier alpha value is -2.72. The van der Waals surface area contributed by atoms with Crippen molar-refractivity contribution < 1.29 is 17.7 Å². The number of likely N-dealkylation sites (N-methyl/N-ethyl adjacent to an activating group) is 1. The maximum Gasteiger partial charge on any atom is 0.246 e. The molecule has 0 saturated carbocycles. The van der Waals surface area contributed by atoms with Crippen LogP contribution in [0.2, 0.25) is 0 Å². The molecule has 0 aliphatic heterocycles. The molecule has 3 aromatic rings. The molecule has 10 heteroatoms. The highest BCUT2D eigenvalue weighted by Crippen LogP contribution is 2.23. The number of nitrogens with zero attached hydrogens (tertiary/aromatic N) is 4. The minimum absolute atomic E-state index is 0.0850. The van der Waals surface area contributed by atoms with Crippen LogP contribution < -0.4 is 4.31 Å². The first-order valence-corrected chi connectivity index (χ1v) is 11.5. The first-order valence-electron chi connectivity index (χ1n) is 8.80. The lowest BCUT2D eigenvalue weighted by atomic mass is 10.1. The van der Waals surface area contributed by atoms with E-state index in [1.54, 1.807) is 19.2 Å². The zero-order valence-electron chi connectivity index (χ0n) is 16.6. The van der Waals surface area contributed by atoms with Gasteiger partial charge in [-0.15, -0.1) is 11.3 Å². The molecular weight excluding hydrogens is 412 g/mol. The number of anilines is 1. The van der Waals surface area contributed by atoms with Crippen molar-refractivity contribution in [2.24, 2.45) is 0 Å². The van der Waals surface area contributed by atoms with Crippen LogP contribution in [0.3, 0.4) is 0 Å². The Morgan fingerprint density at radius 2 is 1.90 bits per heavy atom. The van der Waals surface area contributed by atoms with Gasteiger partial charge < -0.3 is 9.42 Å². The SMILES string of the molecule is Cc1cc(C)cc(N(CC(=O)N(C)Cc2nc(-c3cccs3)no2)S(C)(=O)=O)c1. The maximum absolute atomic E-state index is 12.7. The van der Waals surface area contributed by atoms with Crippen molar-refractivity contribution >= 4 is 33.0 Å². The number of aryl methyl sites for hydroxylation is 2. The van der Waals surface area contributed by atoms with Gasteiger partial charge in [-0.05, 0) is 48.6 Å². The lowest BCUT2D eigenvalue weighted by Gasteiger charge is -2.25. The molecular formula is C19H22N4O4S2. The summed E-state index contributed by atoms with van der Waals surface area (Å²) >= 11 is 1.49. The fourth-order valence-electron chi connectivity index (χ4n) is 2.85.